The Morgan fingerprint density at radius 2 is 1.71 bits per heavy atom. The first-order chi connectivity index (χ1) is 11.4. The van der Waals surface area contributed by atoms with Crippen molar-refractivity contribution in [1.82, 2.24) is 4.90 Å². The first-order valence-corrected chi connectivity index (χ1v) is 7.78. The van der Waals surface area contributed by atoms with Gasteiger partial charge < -0.3 is 14.4 Å². The minimum absolute atomic E-state index is 0.173. The molecule has 1 aromatic carbocycles. The molecule has 1 aromatic rings. The molecule has 0 heterocycles. The molecule has 0 N–H and O–H groups in total. The lowest BCUT2D eigenvalue weighted by Gasteiger charge is -2.11. The summed E-state index contributed by atoms with van der Waals surface area (Å²) >= 11 is 0. The molecule has 0 saturated carbocycles. The second kappa shape index (κ2) is 9.50. The number of carbonyl (C=O) groups is 2. The summed E-state index contributed by atoms with van der Waals surface area (Å²) in [5.41, 5.74) is 2.84. The van der Waals surface area contributed by atoms with Crippen LogP contribution in [0.15, 0.2) is 35.0 Å². The summed E-state index contributed by atoms with van der Waals surface area (Å²) in [7, 11) is 1.67. The van der Waals surface area contributed by atoms with E-state index < -0.39 is 11.9 Å². The molecular weight excluding hydrogens is 308 g/mol. The highest BCUT2D eigenvalue weighted by Crippen LogP contribution is 2.18. The van der Waals surface area contributed by atoms with Crippen molar-refractivity contribution in [3.63, 3.8) is 0 Å². The Morgan fingerprint density at radius 3 is 2.21 bits per heavy atom. The van der Waals surface area contributed by atoms with E-state index in [1.165, 1.54) is 17.4 Å². The summed E-state index contributed by atoms with van der Waals surface area (Å²) in [6, 6.07) is 5.92. The van der Waals surface area contributed by atoms with Gasteiger partial charge in [-0.05, 0) is 39.3 Å². The maximum atomic E-state index is 11.9. The number of carbonyl (C=O) groups excluding carboxylic acids is 2. The summed E-state index contributed by atoms with van der Waals surface area (Å²) in [6.07, 6.45) is 2.87. The molecular formula is C18H24N2O4. The highest BCUT2D eigenvalue weighted by Gasteiger charge is 2.21. The number of esters is 2. The van der Waals surface area contributed by atoms with Crippen molar-refractivity contribution < 1.29 is 19.1 Å². The molecule has 0 spiro atoms. The van der Waals surface area contributed by atoms with Crippen molar-refractivity contribution in [2.75, 3.05) is 20.3 Å². The van der Waals surface area contributed by atoms with Gasteiger partial charge in [-0.1, -0.05) is 17.7 Å². The summed E-state index contributed by atoms with van der Waals surface area (Å²) in [5.74, 6) is -1.44. The van der Waals surface area contributed by atoms with E-state index in [9.17, 15) is 9.59 Å². The van der Waals surface area contributed by atoms with E-state index in [1.54, 1.807) is 20.9 Å². The van der Waals surface area contributed by atoms with Gasteiger partial charge in [0.1, 0.15) is 0 Å². The van der Waals surface area contributed by atoms with E-state index in [4.69, 9.17) is 9.47 Å². The second-order valence-corrected chi connectivity index (χ2v) is 5.18. The molecule has 130 valence electrons. The molecule has 0 aromatic heterocycles. The molecule has 0 saturated heterocycles. The lowest BCUT2D eigenvalue weighted by atomic mass is 10.1. The monoisotopic (exact) mass is 332 g/mol. The van der Waals surface area contributed by atoms with Gasteiger partial charge in [-0.2, -0.15) is 0 Å². The third-order valence-corrected chi connectivity index (χ3v) is 3.05. The van der Waals surface area contributed by atoms with Crippen LogP contribution in [-0.4, -0.2) is 43.4 Å². The van der Waals surface area contributed by atoms with Gasteiger partial charge in [0.05, 0.1) is 25.2 Å². The van der Waals surface area contributed by atoms with Crippen molar-refractivity contribution >= 4 is 24.0 Å². The van der Waals surface area contributed by atoms with Gasteiger partial charge in [0.25, 0.3) is 0 Å². The van der Waals surface area contributed by atoms with Crippen molar-refractivity contribution in [2.24, 2.45) is 4.99 Å². The van der Waals surface area contributed by atoms with Crippen LogP contribution in [0.5, 0.6) is 0 Å². The Kier molecular flexibility index (Phi) is 7.68. The SMILES string of the molecule is CCOC(=O)C(=CN(C)C=Nc1ccc(C)cc1C)C(=O)OCC. The number of hydrogen-bond donors (Lipinski definition) is 0. The molecule has 1 rings (SSSR count). The largest absolute Gasteiger partial charge is 0.462 e. The summed E-state index contributed by atoms with van der Waals surface area (Å²) < 4.78 is 9.78. The number of hydrogen-bond acceptors (Lipinski definition) is 5. The fourth-order valence-electron chi connectivity index (χ4n) is 1.95. The molecule has 0 atom stereocenters. The molecule has 0 aliphatic carbocycles. The Balaban J connectivity index is 2.97. The van der Waals surface area contributed by atoms with Crippen molar-refractivity contribution in [3.05, 3.63) is 41.1 Å². The average Bonchev–Trinajstić information content (AvgIpc) is 2.52. The molecule has 0 radical (unpaired) electrons. The van der Waals surface area contributed by atoms with Crippen LogP contribution >= 0.6 is 0 Å². The van der Waals surface area contributed by atoms with E-state index in [2.05, 4.69) is 4.99 Å². The lowest BCUT2D eigenvalue weighted by Crippen LogP contribution is -2.22. The number of aliphatic imine (C=N–C) groups is 1. The Bertz CT molecular complexity index is 630. The third-order valence-electron chi connectivity index (χ3n) is 3.05. The molecule has 0 aliphatic rings. The summed E-state index contributed by atoms with van der Waals surface area (Å²) in [5, 5.41) is 0. The maximum Gasteiger partial charge on any atom is 0.347 e. The normalized spacial score (nSPS) is 10.4. The number of nitrogens with zero attached hydrogens (tertiary/aromatic N) is 2. The zero-order valence-corrected chi connectivity index (χ0v) is 14.8. The number of benzene rings is 1. The van der Waals surface area contributed by atoms with E-state index in [-0.39, 0.29) is 18.8 Å². The standard InChI is InChI=1S/C18H24N2O4/c1-6-23-17(21)15(18(22)24-7-2)11-20(5)12-19-16-9-8-13(3)10-14(16)4/h8-12H,6-7H2,1-5H3. The van der Waals surface area contributed by atoms with Gasteiger partial charge >= 0.3 is 11.9 Å². The first kappa shape index (κ1) is 19.4. The number of aryl methyl sites for hydroxylation is 2. The minimum Gasteiger partial charge on any atom is -0.462 e. The topological polar surface area (TPSA) is 68.2 Å². The van der Waals surface area contributed by atoms with Crippen molar-refractivity contribution in [1.29, 1.82) is 0 Å². The van der Waals surface area contributed by atoms with Gasteiger partial charge in [-0.15, -0.1) is 0 Å². The highest BCUT2D eigenvalue weighted by atomic mass is 16.6. The zero-order chi connectivity index (χ0) is 18.1. The van der Waals surface area contributed by atoms with Gasteiger partial charge in [-0.25, -0.2) is 14.6 Å². The summed E-state index contributed by atoms with van der Waals surface area (Å²) in [6.45, 7) is 7.68. The maximum absolute atomic E-state index is 11.9. The molecule has 6 heteroatoms. The predicted molar refractivity (Wildman–Crippen MR) is 93.2 cm³/mol. The van der Waals surface area contributed by atoms with Crippen LogP contribution in [0.25, 0.3) is 0 Å². The van der Waals surface area contributed by atoms with Crippen LogP contribution in [0.4, 0.5) is 5.69 Å². The van der Waals surface area contributed by atoms with Gasteiger partial charge in [0.2, 0.25) is 0 Å². The quantitative estimate of drug-likeness (QED) is 0.192. The van der Waals surface area contributed by atoms with Gasteiger partial charge in [-0.3, -0.25) is 0 Å². The predicted octanol–water partition coefficient (Wildman–Crippen LogP) is 2.91. The second-order valence-electron chi connectivity index (χ2n) is 5.18. The Hall–Kier alpha value is -2.63. The van der Waals surface area contributed by atoms with Crippen LogP contribution < -0.4 is 0 Å². The molecule has 0 aliphatic heterocycles. The molecule has 6 nitrogen and oxygen atoms in total. The lowest BCUT2D eigenvalue weighted by molar-refractivity contribution is -0.146. The van der Waals surface area contributed by atoms with E-state index in [0.717, 1.165) is 16.8 Å². The highest BCUT2D eigenvalue weighted by molar-refractivity contribution is 6.14. The van der Waals surface area contributed by atoms with E-state index in [0.29, 0.717) is 0 Å². The van der Waals surface area contributed by atoms with Crippen LogP contribution in [0, 0.1) is 13.8 Å². The molecule has 0 fully saturated rings. The van der Waals surface area contributed by atoms with Crippen LogP contribution in [0.1, 0.15) is 25.0 Å². The molecule has 0 amide bonds. The fraction of sp³-hybridized carbons (Fsp3) is 0.389. The van der Waals surface area contributed by atoms with E-state index >= 15 is 0 Å². The molecule has 0 bridgehead atoms. The van der Waals surface area contributed by atoms with E-state index in [1.807, 2.05) is 32.0 Å². The summed E-state index contributed by atoms with van der Waals surface area (Å²) in [4.78, 5) is 29.7. The van der Waals surface area contributed by atoms with Gasteiger partial charge in [0, 0.05) is 13.2 Å². The van der Waals surface area contributed by atoms with Crippen molar-refractivity contribution in [2.45, 2.75) is 27.7 Å². The minimum atomic E-state index is -0.720. The molecule has 0 unspecified atom stereocenters. The smallest absolute Gasteiger partial charge is 0.347 e. The average molecular weight is 332 g/mol. The van der Waals surface area contributed by atoms with Crippen LogP contribution in [-0.2, 0) is 19.1 Å². The molecule has 24 heavy (non-hydrogen) atoms. The van der Waals surface area contributed by atoms with Gasteiger partial charge in [0.15, 0.2) is 5.57 Å². The third kappa shape index (κ3) is 5.87. The van der Waals surface area contributed by atoms with Crippen molar-refractivity contribution in [3.8, 4) is 0 Å². The fourth-order valence-corrected chi connectivity index (χ4v) is 1.95. The first-order valence-electron chi connectivity index (χ1n) is 7.78. The number of ether oxygens (including phenoxy) is 2. The Labute approximate surface area is 142 Å². The number of rotatable bonds is 7. The zero-order valence-electron chi connectivity index (χ0n) is 14.8. The van der Waals surface area contributed by atoms with Crippen LogP contribution in [0.2, 0.25) is 0 Å². The van der Waals surface area contributed by atoms with Crippen LogP contribution in [0.3, 0.4) is 0 Å². The Morgan fingerprint density at radius 1 is 1.12 bits per heavy atom.